The quantitative estimate of drug-likeness (QED) is 0.661. The van der Waals surface area contributed by atoms with Gasteiger partial charge in [0.15, 0.2) is 5.16 Å². The molecule has 2 aromatic heterocycles. The van der Waals surface area contributed by atoms with Gasteiger partial charge in [0.2, 0.25) is 5.91 Å². The van der Waals surface area contributed by atoms with E-state index in [4.69, 9.17) is 4.74 Å². The average Bonchev–Trinajstić information content (AvgIpc) is 3.08. The summed E-state index contributed by atoms with van der Waals surface area (Å²) in [5, 5.41) is 7.93. The summed E-state index contributed by atoms with van der Waals surface area (Å²) in [6.07, 6.45) is 0. The number of imidazole rings is 1. The monoisotopic (exact) mass is 359 g/mol. The van der Waals surface area contributed by atoms with Crippen LogP contribution < -0.4 is 10.1 Å². The Hall–Kier alpha value is -2.48. The van der Waals surface area contributed by atoms with Crippen molar-refractivity contribution in [2.75, 3.05) is 17.7 Å². The van der Waals surface area contributed by atoms with Gasteiger partial charge in [-0.3, -0.25) is 9.48 Å². The summed E-state index contributed by atoms with van der Waals surface area (Å²) in [4.78, 5) is 19.9. The summed E-state index contributed by atoms with van der Waals surface area (Å²) in [5.41, 5.74) is 4.27. The minimum atomic E-state index is -0.0836. The first kappa shape index (κ1) is 17.3. The fourth-order valence-corrected chi connectivity index (χ4v) is 3.24. The summed E-state index contributed by atoms with van der Waals surface area (Å²) in [6, 6.07) is 5.71. The van der Waals surface area contributed by atoms with Crippen LogP contribution in [0.4, 0.5) is 5.69 Å². The third kappa shape index (κ3) is 3.79. The number of nitrogens with one attached hydrogen (secondary N) is 2. The highest BCUT2D eigenvalue weighted by Crippen LogP contribution is 2.24. The molecule has 0 aliphatic heterocycles. The molecule has 1 amide bonds. The molecular weight excluding hydrogens is 338 g/mol. The third-order valence-corrected chi connectivity index (χ3v) is 4.73. The molecule has 0 atom stereocenters. The number of fused-ring (bicyclic) bond motifs is 1. The number of hydrogen-bond acceptors (Lipinski definition) is 5. The fourth-order valence-electron chi connectivity index (χ4n) is 2.55. The number of nitrogens with zero attached hydrogens (tertiary/aromatic N) is 3. The van der Waals surface area contributed by atoms with Crippen LogP contribution in [0.1, 0.15) is 18.3 Å². The van der Waals surface area contributed by atoms with Crippen molar-refractivity contribution >= 4 is 34.4 Å². The molecule has 25 heavy (non-hydrogen) atoms. The first-order valence-corrected chi connectivity index (χ1v) is 9.02. The van der Waals surface area contributed by atoms with Crippen molar-refractivity contribution in [2.45, 2.75) is 25.9 Å². The van der Waals surface area contributed by atoms with Crippen LogP contribution in [0, 0.1) is 13.8 Å². The van der Waals surface area contributed by atoms with Crippen LogP contribution in [-0.2, 0) is 11.8 Å². The second kappa shape index (κ2) is 7.18. The molecule has 132 valence electrons. The van der Waals surface area contributed by atoms with Crippen molar-refractivity contribution in [3.63, 3.8) is 0 Å². The Morgan fingerprint density at radius 1 is 1.40 bits per heavy atom. The zero-order valence-electron chi connectivity index (χ0n) is 14.7. The molecule has 2 heterocycles. The lowest BCUT2D eigenvalue weighted by atomic mass is 10.3. The van der Waals surface area contributed by atoms with Crippen molar-refractivity contribution in [3.05, 3.63) is 29.6 Å². The van der Waals surface area contributed by atoms with Crippen LogP contribution in [0.5, 0.6) is 5.75 Å². The summed E-state index contributed by atoms with van der Waals surface area (Å²) < 4.78 is 7.24. The molecule has 0 spiro atoms. The summed E-state index contributed by atoms with van der Waals surface area (Å²) in [7, 11) is 1.86. The number of aromatic nitrogens is 4. The van der Waals surface area contributed by atoms with Gasteiger partial charge in [0.05, 0.1) is 40.5 Å². The Morgan fingerprint density at radius 2 is 2.20 bits per heavy atom. The molecule has 0 fully saturated rings. The van der Waals surface area contributed by atoms with Gasteiger partial charge in [-0.05, 0) is 32.9 Å². The highest BCUT2D eigenvalue weighted by Gasteiger charge is 2.13. The van der Waals surface area contributed by atoms with Gasteiger partial charge >= 0.3 is 0 Å². The molecular formula is C17H21N5O2S. The first-order chi connectivity index (χ1) is 12.0. The number of amides is 1. The van der Waals surface area contributed by atoms with Gasteiger partial charge in [0.25, 0.3) is 0 Å². The standard InChI is InChI=1S/C17H21N5O2S/c1-5-24-12-6-7-13-14(8-12)19-17(18-13)25-9-15(23)20-16-10(2)21-22(4)11(16)3/h6-8H,5,9H2,1-4H3,(H,18,19)(H,20,23). The van der Waals surface area contributed by atoms with Gasteiger partial charge in [-0.1, -0.05) is 11.8 Å². The van der Waals surface area contributed by atoms with Crippen molar-refractivity contribution in [3.8, 4) is 5.75 Å². The molecule has 0 bridgehead atoms. The Labute approximate surface area is 150 Å². The smallest absolute Gasteiger partial charge is 0.234 e. The molecule has 0 aliphatic rings. The minimum Gasteiger partial charge on any atom is -0.494 e. The van der Waals surface area contributed by atoms with Gasteiger partial charge in [-0.25, -0.2) is 4.98 Å². The van der Waals surface area contributed by atoms with Crippen molar-refractivity contribution < 1.29 is 9.53 Å². The van der Waals surface area contributed by atoms with E-state index in [2.05, 4.69) is 20.4 Å². The Kier molecular flexibility index (Phi) is 4.98. The van der Waals surface area contributed by atoms with Crippen molar-refractivity contribution in [2.24, 2.45) is 7.05 Å². The maximum atomic E-state index is 12.2. The molecule has 3 aromatic rings. The van der Waals surface area contributed by atoms with Crippen LogP contribution in [0.25, 0.3) is 11.0 Å². The predicted octanol–water partition coefficient (Wildman–Crippen LogP) is 3.04. The molecule has 0 aliphatic carbocycles. The molecule has 0 saturated carbocycles. The predicted molar refractivity (Wildman–Crippen MR) is 99.3 cm³/mol. The first-order valence-electron chi connectivity index (χ1n) is 8.03. The van der Waals surface area contributed by atoms with E-state index in [1.54, 1.807) is 4.68 Å². The lowest BCUT2D eigenvalue weighted by Gasteiger charge is -2.04. The number of rotatable bonds is 6. The zero-order chi connectivity index (χ0) is 18.0. The average molecular weight is 359 g/mol. The van der Waals surface area contributed by atoms with Crippen LogP contribution in [0.15, 0.2) is 23.4 Å². The van der Waals surface area contributed by atoms with Gasteiger partial charge in [0, 0.05) is 13.1 Å². The van der Waals surface area contributed by atoms with Gasteiger partial charge in [-0.2, -0.15) is 5.10 Å². The van der Waals surface area contributed by atoms with E-state index >= 15 is 0 Å². The number of benzene rings is 1. The Morgan fingerprint density at radius 3 is 2.88 bits per heavy atom. The maximum Gasteiger partial charge on any atom is 0.234 e. The lowest BCUT2D eigenvalue weighted by molar-refractivity contribution is -0.113. The van der Waals surface area contributed by atoms with E-state index in [0.717, 1.165) is 33.9 Å². The van der Waals surface area contributed by atoms with Crippen LogP contribution in [-0.4, -0.2) is 38.0 Å². The lowest BCUT2D eigenvalue weighted by Crippen LogP contribution is -2.15. The molecule has 2 N–H and O–H groups in total. The minimum absolute atomic E-state index is 0.0836. The normalized spacial score (nSPS) is 11.0. The Bertz CT molecular complexity index is 915. The van der Waals surface area contributed by atoms with E-state index in [1.165, 1.54) is 11.8 Å². The number of H-pyrrole nitrogens is 1. The van der Waals surface area contributed by atoms with Crippen molar-refractivity contribution in [1.29, 1.82) is 0 Å². The summed E-state index contributed by atoms with van der Waals surface area (Å²) in [5.74, 6) is 0.987. The highest BCUT2D eigenvalue weighted by molar-refractivity contribution is 7.99. The summed E-state index contributed by atoms with van der Waals surface area (Å²) >= 11 is 1.36. The summed E-state index contributed by atoms with van der Waals surface area (Å²) in [6.45, 7) is 6.38. The molecule has 0 unspecified atom stereocenters. The third-order valence-electron chi connectivity index (χ3n) is 3.86. The van der Waals surface area contributed by atoms with E-state index in [-0.39, 0.29) is 11.7 Å². The number of carbonyl (C=O) groups is 1. The van der Waals surface area contributed by atoms with Crippen molar-refractivity contribution in [1.82, 2.24) is 19.7 Å². The van der Waals surface area contributed by atoms with Crippen LogP contribution in [0.3, 0.4) is 0 Å². The van der Waals surface area contributed by atoms with E-state index in [9.17, 15) is 4.79 Å². The molecule has 0 radical (unpaired) electrons. The zero-order valence-corrected chi connectivity index (χ0v) is 15.5. The highest BCUT2D eigenvalue weighted by atomic mass is 32.2. The van der Waals surface area contributed by atoms with Gasteiger partial charge < -0.3 is 15.0 Å². The molecule has 7 nitrogen and oxygen atoms in total. The van der Waals surface area contributed by atoms with E-state index in [0.29, 0.717) is 11.8 Å². The molecule has 0 saturated heterocycles. The second-order valence-electron chi connectivity index (χ2n) is 5.66. The number of aromatic amines is 1. The number of anilines is 1. The molecule has 1 aromatic carbocycles. The second-order valence-corrected chi connectivity index (χ2v) is 6.62. The largest absolute Gasteiger partial charge is 0.494 e. The fraction of sp³-hybridized carbons (Fsp3) is 0.353. The van der Waals surface area contributed by atoms with Gasteiger partial charge in [-0.15, -0.1) is 0 Å². The SMILES string of the molecule is CCOc1ccc2nc(SCC(=O)Nc3c(C)nn(C)c3C)[nH]c2c1. The molecule has 8 heteroatoms. The topological polar surface area (TPSA) is 84.8 Å². The molecule has 3 rings (SSSR count). The Balaban J connectivity index is 1.64. The number of hydrogen-bond donors (Lipinski definition) is 2. The number of carbonyl (C=O) groups excluding carboxylic acids is 1. The number of aryl methyl sites for hydroxylation is 2. The van der Waals surface area contributed by atoms with E-state index < -0.39 is 0 Å². The van der Waals surface area contributed by atoms with E-state index in [1.807, 2.05) is 46.0 Å². The van der Waals surface area contributed by atoms with Gasteiger partial charge in [0.1, 0.15) is 5.75 Å². The van der Waals surface area contributed by atoms with Crippen LogP contribution in [0.2, 0.25) is 0 Å². The van der Waals surface area contributed by atoms with Crippen LogP contribution >= 0.6 is 11.8 Å². The number of ether oxygens (including phenoxy) is 1. The number of thioether (sulfide) groups is 1. The maximum absolute atomic E-state index is 12.2.